The first-order valence-electron chi connectivity index (χ1n) is 5.75. The highest BCUT2D eigenvalue weighted by molar-refractivity contribution is 5.40. The standard InChI is InChI=1S/C14H17N3/c1-10-4-6-13(7-5-10)9-16-14-12(3)15-8-11(2)17-14/h4-8H,9H2,1-3H3,(H,16,17). The molecule has 2 rings (SSSR count). The van der Waals surface area contributed by atoms with Gasteiger partial charge in [-0.15, -0.1) is 0 Å². The van der Waals surface area contributed by atoms with Crippen LogP contribution in [0.3, 0.4) is 0 Å². The van der Waals surface area contributed by atoms with Crippen molar-refractivity contribution >= 4 is 5.82 Å². The monoisotopic (exact) mass is 227 g/mol. The Labute approximate surface area is 102 Å². The average molecular weight is 227 g/mol. The van der Waals surface area contributed by atoms with Crippen molar-refractivity contribution in [1.29, 1.82) is 0 Å². The van der Waals surface area contributed by atoms with Gasteiger partial charge in [0.15, 0.2) is 0 Å². The second-order valence-corrected chi connectivity index (χ2v) is 4.28. The molecule has 0 spiro atoms. The molecule has 0 aliphatic heterocycles. The molecule has 0 saturated heterocycles. The van der Waals surface area contributed by atoms with E-state index < -0.39 is 0 Å². The summed E-state index contributed by atoms with van der Waals surface area (Å²) in [6.07, 6.45) is 1.78. The summed E-state index contributed by atoms with van der Waals surface area (Å²) < 4.78 is 0. The minimum Gasteiger partial charge on any atom is -0.364 e. The Morgan fingerprint density at radius 1 is 1.06 bits per heavy atom. The lowest BCUT2D eigenvalue weighted by molar-refractivity contribution is 1.02. The summed E-state index contributed by atoms with van der Waals surface area (Å²) in [5, 5.41) is 3.32. The molecule has 17 heavy (non-hydrogen) atoms. The molecule has 0 bridgehead atoms. The third-order valence-electron chi connectivity index (χ3n) is 2.66. The molecule has 1 N–H and O–H groups in total. The van der Waals surface area contributed by atoms with E-state index in [1.807, 2.05) is 13.8 Å². The van der Waals surface area contributed by atoms with E-state index in [2.05, 4.69) is 46.5 Å². The van der Waals surface area contributed by atoms with Crippen LogP contribution in [0.5, 0.6) is 0 Å². The molecule has 88 valence electrons. The number of rotatable bonds is 3. The number of nitrogens with one attached hydrogen (secondary N) is 1. The van der Waals surface area contributed by atoms with Crippen molar-refractivity contribution in [3.8, 4) is 0 Å². The van der Waals surface area contributed by atoms with E-state index in [0.29, 0.717) is 0 Å². The van der Waals surface area contributed by atoms with Gasteiger partial charge >= 0.3 is 0 Å². The number of aromatic nitrogens is 2. The maximum absolute atomic E-state index is 4.43. The fraction of sp³-hybridized carbons (Fsp3) is 0.286. The zero-order valence-electron chi connectivity index (χ0n) is 10.5. The van der Waals surface area contributed by atoms with Crippen LogP contribution in [0.2, 0.25) is 0 Å². The Bertz CT molecular complexity index is 503. The van der Waals surface area contributed by atoms with Gasteiger partial charge in [0, 0.05) is 12.7 Å². The van der Waals surface area contributed by atoms with E-state index in [0.717, 1.165) is 23.8 Å². The summed E-state index contributed by atoms with van der Waals surface area (Å²) in [6.45, 7) is 6.78. The van der Waals surface area contributed by atoms with Gasteiger partial charge in [0.1, 0.15) is 5.82 Å². The zero-order valence-corrected chi connectivity index (χ0v) is 10.5. The Balaban J connectivity index is 2.07. The molecule has 1 aromatic carbocycles. The van der Waals surface area contributed by atoms with E-state index in [4.69, 9.17) is 0 Å². The van der Waals surface area contributed by atoms with Crippen molar-refractivity contribution in [2.45, 2.75) is 27.3 Å². The smallest absolute Gasteiger partial charge is 0.148 e. The van der Waals surface area contributed by atoms with Crippen molar-refractivity contribution in [1.82, 2.24) is 9.97 Å². The molecule has 0 radical (unpaired) electrons. The number of nitrogens with zero attached hydrogens (tertiary/aromatic N) is 2. The summed E-state index contributed by atoms with van der Waals surface area (Å²) in [7, 11) is 0. The van der Waals surface area contributed by atoms with Gasteiger partial charge in [0.05, 0.1) is 11.4 Å². The van der Waals surface area contributed by atoms with Crippen molar-refractivity contribution in [2.75, 3.05) is 5.32 Å². The Morgan fingerprint density at radius 2 is 1.76 bits per heavy atom. The molecular weight excluding hydrogens is 210 g/mol. The molecule has 3 heteroatoms. The number of aryl methyl sites for hydroxylation is 3. The summed E-state index contributed by atoms with van der Waals surface area (Å²) in [4.78, 5) is 8.71. The normalized spacial score (nSPS) is 10.3. The quantitative estimate of drug-likeness (QED) is 0.875. The molecule has 0 amide bonds. The van der Waals surface area contributed by atoms with Crippen molar-refractivity contribution in [3.63, 3.8) is 0 Å². The topological polar surface area (TPSA) is 37.8 Å². The number of hydrogen-bond acceptors (Lipinski definition) is 3. The highest BCUT2D eigenvalue weighted by atomic mass is 15.0. The Hall–Kier alpha value is -1.90. The van der Waals surface area contributed by atoms with Crippen LogP contribution >= 0.6 is 0 Å². The van der Waals surface area contributed by atoms with Gasteiger partial charge in [0.2, 0.25) is 0 Å². The molecule has 0 saturated carbocycles. The van der Waals surface area contributed by atoms with Gasteiger partial charge in [-0.3, -0.25) is 4.98 Å². The van der Waals surface area contributed by atoms with E-state index in [1.54, 1.807) is 6.20 Å². The summed E-state index contributed by atoms with van der Waals surface area (Å²) in [5.74, 6) is 0.866. The highest BCUT2D eigenvalue weighted by Gasteiger charge is 2.01. The largest absolute Gasteiger partial charge is 0.364 e. The van der Waals surface area contributed by atoms with Crippen LogP contribution in [-0.2, 0) is 6.54 Å². The van der Waals surface area contributed by atoms with Crippen LogP contribution in [-0.4, -0.2) is 9.97 Å². The van der Waals surface area contributed by atoms with Gasteiger partial charge in [-0.2, -0.15) is 0 Å². The molecule has 0 fully saturated rings. The Kier molecular flexibility index (Phi) is 3.38. The fourth-order valence-corrected chi connectivity index (χ4v) is 1.60. The summed E-state index contributed by atoms with van der Waals surface area (Å²) in [6, 6.07) is 8.49. The van der Waals surface area contributed by atoms with Gasteiger partial charge in [-0.25, -0.2) is 4.98 Å². The lowest BCUT2D eigenvalue weighted by atomic mass is 10.1. The molecule has 0 unspecified atom stereocenters. The number of hydrogen-bond donors (Lipinski definition) is 1. The van der Waals surface area contributed by atoms with Crippen molar-refractivity contribution in [3.05, 3.63) is 53.0 Å². The van der Waals surface area contributed by atoms with Crippen LogP contribution < -0.4 is 5.32 Å². The van der Waals surface area contributed by atoms with Crippen LogP contribution in [0.25, 0.3) is 0 Å². The van der Waals surface area contributed by atoms with E-state index in [-0.39, 0.29) is 0 Å². The lowest BCUT2D eigenvalue weighted by Crippen LogP contribution is -2.05. The second kappa shape index (κ2) is 4.95. The molecule has 0 aliphatic rings. The Morgan fingerprint density at radius 3 is 2.47 bits per heavy atom. The van der Waals surface area contributed by atoms with Crippen molar-refractivity contribution in [2.24, 2.45) is 0 Å². The lowest BCUT2D eigenvalue weighted by Gasteiger charge is -2.08. The molecule has 0 atom stereocenters. The van der Waals surface area contributed by atoms with E-state index in [9.17, 15) is 0 Å². The van der Waals surface area contributed by atoms with Crippen LogP contribution in [0.4, 0.5) is 5.82 Å². The number of benzene rings is 1. The van der Waals surface area contributed by atoms with Gasteiger partial charge in [-0.1, -0.05) is 29.8 Å². The third kappa shape index (κ3) is 3.03. The van der Waals surface area contributed by atoms with Gasteiger partial charge < -0.3 is 5.32 Å². The first kappa shape index (κ1) is 11.6. The van der Waals surface area contributed by atoms with Crippen LogP contribution in [0, 0.1) is 20.8 Å². The first-order chi connectivity index (χ1) is 8.15. The van der Waals surface area contributed by atoms with Crippen LogP contribution in [0.15, 0.2) is 30.5 Å². The minimum atomic E-state index is 0.777. The maximum Gasteiger partial charge on any atom is 0.148 e. The molecule has 1 heterocycles. The molecule has 2 aromatic rings. The zero-order chi connectivity index (χ0) is 12.3. The summed E-state index contributed by atoms with van der Waals surface area (Å²) >= 11 is 0. The van der Waals surface area contributed by atoms with Gasteiger partial charge in [0.25, 0.3) is 0 Å². The van der Waals surface area contributed by atoms with E-state index in [1.165, 1.54) is 11.1 Å². The maximum atomic E-state index is 4.43. The summed E-state index contributed by atoms with van der Waals surface area (Å²) in [5.41, 5.74) is 4.39. The highest BCUT2D eigenvalue weighted by Crippen LogP contribution is 2.11. The SMILES string of the molecule is Cc1ccc(CNc2nc(C)cnc2C)cc1. The van der Waals surface area contributed by atoms with Crippen LogP contribution in [0.1, 0.15) is 22.5 Å². The molecule has 1 aromatic heterocycles. The third-order valence-corrected chi connectivity index (χ3v) is 2.66. The average Bonchev–Trinajstić information content (AvgIpc) is 2.32. The van der Waals surface area contributed by atoms with E-state index >= 15 is 0 Å². The predicted molar refractivity (Wildman–Crippen MR) is 70.0 cm³/mol. The number of anilines is 1. The molecule has 0 aliphatic carbocycles. The second-order valence-electron chi connectivity index (χ2n) is 4.28. The van der Waals surface area contributed by atoms with Crippen molar-refractivity contribution < 1.29 is 0 Å². The minimum absolute atomic E-state index is 0.777. The predicted octanol–water partition coefficient (Wildman–Crippen LogP) is 3.01. The van der Waals surface area contributed by atoms with Gasteiger partial charge in [-0.05, 0) is 26.3 Å². The first-order valence-corrected chi connectivity index (χ1v) is 5.75. The molecular formula is C14H17N3. The fourth-order valence-electron chi connectivity index (χ4n) is 1.60. The molecule has 3 nitrogen and oxygen atoms in total.